The summed E-state index contributed by atoms with van der Waals surface area (Å²) in [6, 6.07) is 3.64. The van der Waals surface area contributed by atoms with Crippen molar-refractivity contribution >= 4 is 17.3 Å². The van der Waals surface area contributed by atoms with Crippen LogP contribution in [-0.4, -0.2) is 12.6 Å². The van der Waals surface area contributed by atoms with E-state index < -0.39 is 0 Å². The van der Waals surface area contributed by atoms with Crippen LogP contribution in [0.2, 0.25) is 0 Å². The predicted octanol–water partition coefficient (Wildman–Crippen LogP) is 3.34. The minimum absolute atomic E-state index is 0.191. The first-order chi connectivity index (χ1) is 6.70. The van der Waals surface area contributed by atoms with Crippen LogP contribution in [0.5, 0.6) is 0 Å². The molecule has 0 amide bonds. The third-order valence-corrected chi connectivity index (χ3v) is 2.73. The van der Waals surface area contributed by atoms with Crippen molar-refractivity contribution in [1.29, 1.82) is 0 Å². The molecule has 0 radical (unpaired) electrons. The lowest BCUT2D eigenvalue weighted by Gasteiger charge is -2.04. The fourth-order valence-electron chi connectivity index (χ4n) is 1.12. The van der Waals surface area contributed by atoms with Gasteiger partial charge in [0.15, 0.2) is 0 Å². The Bertz CT molecular complexity index is 265. The van der Waals surface area contributed by atoms with Crippen molar-refractivity contribution < 1.29 is 9.53 Å². The SMILES string of the molecule is CC(C)CCCOC(=O)c1cccs1. The molecular formula is C11H16O2S. The van der Waals surface area contributed by atoms with Gasteiger partial charge in [-0.3, -0.25) is 0 Å². The maximum Gasteiger partial charge on any atom is 0.348 e. The van der Waals surface area contributed by atoms with Crippen LogP contribution in [-0.2, 0) is 4.74 Å². The van der Waals surface area contributed by atoms with E-state index in [-0.39, 0.29) is 5.97 Å². The average Bonchev–Trinajstić information content (AvgIpc) is 2.64. The minimum Gasteiger partial charge on any atom is -0.462 e. The maximum atomic E-state index is 11.3. The lowest BCUT2D eigenvalue weighted by Crippen LogP contribution is -2.05. The Morgan fingerprint density at radius 2 is 2.36 bits per heavy atom. The number of carbonyl (C=O) groups excluding carboxylic acids is 1. The van der Waals surface area contributed by atoms with Gasteiger partial charge in [0.05, 0.1) is 6.61 Å². The number of hydrogen-bond acceptors (Lipinski definition) is 3. The molecule has 1 rings (SSSR count). The van der Waals surface area contributed by atoms with Gasteiger partial charge in [0, 0.05) is 0 Å². The van der Waals surface area contributed by atoms with Crippen molar-refractivity contribution in [3.05, 3.63) is 22.4 Å². The average molecular weight is 212 g/mol. The maximum absolute atomic E-state index is 11.3. The van der Waals surface area contributed by atoms with E-state index in [0.717, 1.165) is 12.8 Å². The van der Waals surface area contributed by atoms with Gasteiger partial charge < -0.3 is 4.74 Å². The van der Waals surface area contributed by atoms with Crippen molar-refractivity contribution in [3.63, 3.8) is 0 Å². The smallest absolute Gasteiger partial charge is 0.348 e. The third-order valence-electron chi connectivity index (χ3n) is 1.88. The lowest BCUT2D eigenvalue weighted by atomic mass is 10.1. The Hall–Kier alpha value is -0.830. The second kappa shape index (κ2) is 5.81. The van der Waals surface area contributed by atoms with Gasteiger partial charge in [-0.15, -0.1) is 11.3 Å². The monoisotopic (exact) mass is 212 g/mol. The summed E-state index contributed by atoms with van der Waals surface area (Å²) in [5.74, 6) is 0.485. The predicted molar refractivity (Wildman–Crippen MR) is 58.7 cm³/mol. The summed E-state index contributed by atoms with van der Waals surface area (Å²) < 4.78 is 5.11. The van der Waals surface area contributed by atoms with Crippen LogP contribution in [0.3, 0.4) is 0 Å². The molecule has 1 heterocycles. The molecule has 0 aliphatic rings. The van der Waals surface area contributed by atoms with Crippen molar-refractivity contribution in [1.82, 2.24) is 0 Å². The van der Waals surface area contributed by atoms with E-state index in [1.54, 1.807) is 6.07 Å². The number of rotatable bonds is 5. The molecule has 0 atom stereocenters. The topological polar surface area (TPSA) is 26.3 Å². The number of hydrogen-bond donors (Lipinski definition) is 0. The molecule has 78 valence electrons. The summed E-state index contributed by atoms with van der Waals surface area (Å²) in [7, 11) is 0. The van der Waals surface area contributed by atoms with E-state index in [9.17, 15) is 4.79 Å². The first-order valence-electron chi connectivity index (χ1n) is 4.91. The summed E-state index contributed by atoms with van der Waals surface area (Å²) in [5.41, 5.74) is 0. The van der Waals surface area contributed by atoms with Gasteiger partial charge in [-0.05, 0) is 30.2 Å². The van der Waals surface area contributed by atoms with Crippen molar-refractivity contribution in [3.8, 4) is 0 Å². The zero-order valence-electron chi connectivity index (χ0n) is 8.66. The second-order valence-electron chi connectivity index (χ2n) is 3.65. The van der Waals surface area contributed by atoms with Crippen LogP contribution < -0.4 is 0 Å². The van der Waals surface area contributed by atoms with Crippen LogP contribution >= 0.6 is 11.3 Å². The highest BCUT2D eigenvalue weighted by molar-refractivity contribution is 7.11. The van der Waals surface area contributed by atoms with Crippen LogP contribution in [0.15, 0.2) is 17.5 Å². The number of thiophene rings is 1. The number of esters is 1. The molecule has 2 nitrogen and oxygen atoms in total. The van der Waals surface area contributed by atoms with Gasteiger partial charge in [-0.2, -0.15) is 0 Å². The van der Waals surface area contributed by atoms with E-state index >= 15 is 0 Å². The normalized spacial score (nSPS) is 10.5. The molecular weight excluding hydrogens is 196 g/mol. The van der Waals surface area contributed by atoms with Gasteiger partial charge in [-0.25, -0.2) is 4.79 Å². The molecule has 0 unspecified atom stereocenters. The van der Waals surface area contributed by atoms with Crippen LogP contribution in [0.4, 0.5) is 0 Å². The molecule has 1 aromatic heterocycles. The molecule has 0 bridgehead atoms. The molecule has 0 N–H and O–H groups in total. The zero-order chi connectivity index (χ0) is 10.4. The van der Waals surface area contributed by atoms with Gasteiger partial charge in [0.2, 0.25) is 0 Å². The zero-order valence-corrected chi connectivity index (χ0v) is 9.47. The Morgan fingerprint density at radius 1 is 1.57 bits per heavy atom. The standard InChI is InChI=1S/C11H16O2S/c1-9(2)5-3-7-13-11(12)10-6-4-8-14-10/h4,6,8-9H,3,5,7H2,1-2H3. The van der Waals surface area contributed by atoms with Crippen molar-refractivity contribution in [2.75, 3.05) is 6.61 Å². The van der Waals surface area contributed by atoms with Gasteiger partial charge in [0.1, 0.15) is 4.88 Å². The molecule has 0 aliphatic carbocycles. The summed E-state index contributed by atoms with van der Waals surface area (Å²) in [6.07, 6.45) is 2.06. The van der Waals surface area contributed by atoms with Crippen molar-refractivity contribution in [2.45, 2.75) is 26.7 Å². The summed E-state index contributed by atoms with van der Waals surface area (Å²) in [5, 5.41) is 1.88. The van der Waals surface area contributed by atoms with Crippen molar-refractivity contribution in [2.24, 2.45) is 5.92 Å². The van der Waals surface area contributed by atoms with Crippen LogP contribution in [0.25, 0.3) is 0 Å². The van der Waals surface area contributed by atoms with Crippen LogP contribution in [0, 0.1) is 5.92 Å². The largest absolute Gasteiger partial charge is 0.462 e. The van der Waals surface area contributed by atoms with E-state index in [0.29, 0.717) is 17.4 Å². The quantitative estimate of drug-likeness (QED) is 0.552. The van der Waals surface area contributed by atoms with E-state index in [1.807, 2.05) is 11.4 Å². The van der Waals surface area contributed by atoms with Crippen LogP contribution in [0.1, 0.15) is 36.4 Å². The van der Waals surface area contributed by atoms with E-state index in [2.05, 4.69) is 13.8 Å². The first-order valence-corrected chi connectivity index (χ1v) is 5.78. The van der Waals surface area contributed by atoms with Gasteiger partial charge in [0.25, 0.3) is 0 Å². The van der Waals surface area contributed by atoms with Gasteiger partial charge in [-0.1, -0.05) is 19.9 Å². The fraction of sp³-hybridized carbons (Fsp3) is 0.545. The van der Waals surface area contributed by atoms with E-state index in [4.69, 9.17) is 4.74 Å². The second-order valence-corrected chi connectivity index (χ2v) is 4.60. The molecule has 1 aromatic rings. The molecule has 3 heteroatoms. The highest BCUT2D eigenvalue weighted by Gasteiger charge is 2.06. The summed E-state index contributed by atoms with van der Waals surface area (Å²) in [4.78, 5) is 12.0. The summed E-state index contributed by atoms with van der Waals surface area (Å²) in [6.45, 7) is 4.87. The number of carbonyl (C=O) groups is 1. The molecule has 0 saturated carbocycles. The molecule has 0 aliphatic heterocycles. The summed E-state index contributed by atoms with van der Waals surface area (Å²) >= 11 is 1.42. The number of ether oxygens (including phenoxy) is 1. The Morgan fingerprint density at radius 3 is 2.93 bits per heavy atom. The molecule has 0 spiro atoms. The van der Waals surface area contributed by atoms with Gasteiger partial charge >= 0.3 is 5.97 Å². The highest BCUT2D eigenvalue weighted by atomic mass is 32.1. The lowest BCUT2D eigenvalue weighted by molar-refractivity contribution is 0.0500. The minimum atomic E-state index is -0.191. The Kier molecular flexibility index (Phi) is 4.66. The molecule has 0 saturated heterocycles. The highest BCUT2D eigenvalue weighted by Crippen LogP contribution is 2.10. The Labute approximate surface area is 88.9 Å². The third kappa shape index (κ3) is 3.92. The molecule has 0 aromatic carbocycles. The fourth-order valence-corrected chi connectivity index (χ4v) is 1.74. The first kappa shape index (κ1) is 11.2. The molecule has 14 heavy (non-hydrogen) atoms. The molecule has 0 fully saturated rings. The van der Waals surface area contributed by atoms with E-state index in [1.165, 1.54) is 11.3 Å². The Balaban J connectivity index is 2.16.